The summed E-state index contributed by atoms with van der Waals surface area (Å²) in [6.45, 7) is 4.20. The van der Waals surface area contributed by atoms with Crippen LogP contribution in [0, 0.1) is 28.6 Å². The molecule has 0 aliphatic heterocycles. The van der Waals surface area contributed by atoms with E-state index in [1.54, 1.807) is 0 Å². The van der Waals surface area contributed by atoms with Gasteiger partial charge in [0, 0.05) is 7.77 Å². The first-order chi connectivity index (χ1) is 11.5. The van der Waals surface area contributed by atoms with Crippen molar-refractivity contribution in [1.29, 1.82) is 0 Å². The van der Waals surface area contributed by atoms with Crippen LogP contribution >= 0.6 is 11.6 Å². The minimum atomic E-state index is -2.02. The van der Waals surface area contributed by atoms with E-state index in [-0.39, 0.29) is 17.8 Å². The van der Waals surface area contributed by atoms with E-state index < -0.39 is 24.0 Å². The van der Waals surface area contributed by atoms with Gasteiger partial charge >= 0.3 is 0 Å². The Morgan fingerprint density at radius 2 is 1.91 bits per heavy atom. The Morgan fingerprint density at radius 1 is 1.14 bits per heavy atom. The molecule has 2 N–H and O–H groups in total. The molecule has 0 bridgehead atoms. The lowest BCUT2D eigenvalue weighted by atomic mass is 9.47. The maximum absolute atomic E-state index is 10.8. The summed E-state index contributed by atoms with van der Waals surface area (Å²) < 4.78 is 25.0. The summed E-state index contributed by atoms with van der Waals surface area (Å²) in [5.41, 5.74) is 0.489. The van der Waals surface area contributed by atoms with Gasteiger partial charge in [-0.1, -0.05) is 25.4 Å². The molecule has 4 aliphatic rings. The third-order valence-corrected chi connectivity index (χ3v) is 8.09. The third-order valence-electron chi connectivity index (χ3n) is 7.61. The average molecular weight is 328 g/mol. The summed E-state index contributed by atoms with van der Waals surface area (Å²) in [5, 5.41) is 21.6. The summed E-state index contributed by atoms with van der Waals surface area (Å²) >= 11 is 6.49. The van der Waals surface area contributed by atoms with Crippen LogP contribution in [0.1, 0.15) is 69.3 Å². The van der Waals surface area contributed by atoms with Gasteiger partial charge in [-0.2, -0.15) is 0 Å². The Morgan fingerprint density at radius 3 is 2.68 bits per heavy atom. The second-order valence-electron chi connectivity index (χ2n) is 8.40. The van der Waals surface area contributed by atoms with Crippen LogP contribution in [0.3, 0.4) is 0 Å². The lowest BCUT2D eigenvalue weighted by molar-refractivity contribution is -0.0765. The summed E-state index contributed by atoms with van der Waals surface area (Å²) in [5.74, 6) is 0.759. The average Bonchev–Trinajstić information content (AvgIpc) is 2.67. The first-order valence-corrected chi connectivity index (χ1v) is 9.13. The molecule has 4 aliphatic carbocycles. The van der Waals surface area contributed by atoms with Gasteiger partial charge in [-0.15, -0.1) is 0 Å². The van der Waals surface area contributed by atoms with Gasteiger partial charge < -0.3 is 10.2 Å². The van der Waals surface area contributed by atoms with E-state index in [0.717, 1.165) is 25.7 Å². The zero-order chi connectivity index (χ0) is 18.4. The summed E-state index contributed by atoms with van der Waals surface area (Å²) in [6.07, 6.45) is 0.813. The molecule has 0 aromatic rings. The summed E-state index contributed by atoms with van der Waals surface area (Å²) in [4.78, 5) is 0. The van der Waals surface area contributed by atoms with Gasteiger partial charge in [-0.05, 0) is 85.5 Å². The van der Waals surface area contributed by atoms with Crippen LogP contribution < -0.4 is 0 Å². The molecule has 0 saturated heterocycles. The smallest absolute Gasteiger partial charge is 0.0895 e. The summed E-state index contributed by atoms with van der Waals surface area (Å²) in [7, 11) is 0. The van der Waals surface area contributed by atoms with E-state index in [0.29, 0.717) is 29.7 Å². The molecule has 0 aromatic carbocycles. The Bertz CT molecular complexity index is 634. The van der Waals surface area contributed by atoms with Crippen molar-refractivity contribution < 1.29 is 14.3 Å². The minimum absolute atomic E-state index is 0.0317. The maximum Gasteiger partial charge on any atom is 0.0895 e. The highest BCUT2D eigenvalue weighted by molar-refractivity contribution is 6.30. The number of aliphatic hydroxyl groups excluding tert-OH is 1. The Labute approximate surface area is 143 Å². The van der Waals surface area contributed by atoms with Crippen LogP contribution in [-0.4, -0.2) is 22.4 Å². The van der Waals surface area contributed by atoms with Gasteiger partial charge in [0.25, 0.3) is 0 Å². The van der Waals surface area contributed by atoms with Crippen molar-refractivity contribution in [3.63, 3.8) is 0 Å². The van der Waals surface area contributed by atoms with Gasteiger partial charge in [-0.3, -0.25) is 0 Å². The lowest BCUT2D eigenvalue weighted by Gasteiger charge is -2.58. The van der Waals surface area contributed by atoms with Crippen LogP contribution in [0.2, 0.25) is 0 Å². The van der Waals surface area contributed by atoms with Gasteiger partial charge in [0.2, 0.25) is 0 Å². The fraction of sp³-hybridized carbons (Fsp3) is 0.895. The molecule has 7 atom stereocenters. The van der Waals surface area contributed by atoms with Crippen LogP contribution in [0.4, 0.5) is 0 Å². The van der Waals surface area contributed by atoms with E-state index in [2.05, 4.69) is 6.92 Å². The largest absolute Gasteiger partial charge is 0.393 e. The van der Waals surface area contributed by atoms with Crippen molar-refractivity contribution in [1.82, 2.24) is 0 Å². The molecule has 2 nitrogen and oxygen atoms in total. The monoisotopic (exact) mass is 327 g/mol. The number of hydrogen-bond donors (Lipinski definition) is 2. The fourth-order valence-corrected chi connectivity index (χ4v) is 6.61. The molecule has 3 heteroatoms. The quantitative estimate of drug-likeness (QED) is 0.698. The predicted octanol–water partition coefficient (Wildman–Crippen LogP) is 4.24. The van der Waals surface area contributed by atoms with E-state index in [1.807, 2.05) is 6.92 Å². The highest BCUT2D eigenvalue weighted by Crippen LogP contribution is 2.66. The number of allylic oxidation sites excluding steroid dienone is 1. The highest BCUT2D eigenvalue weighted by atomic mass is 35.5. The maximum atomic E-state index is 10.8. The summed E-state index contributed by atoms with van der Waals surface area (Å²) in [6, 6.07) is 0. The molecule has 4 rings (SSSR count). The van der Waals surface area contributed by atoms with Crippen molar-refractivity contribution >= 4 is 11.6 Å². The number of hydrogen-bond acceptors (Lipinski definition) is 2. The number of aliphatic hydroxyl groups is 2. The normalized spacial score (nSPS) is 62.3. The molecular weight excluding hydrogens is 296 g/mol. The number of halogens is 1. The minimum Gasteiger partial charge on any atom is -0.393 e. The molecule has 1 unspecified atom stereocenters. The molecule has 0 amide bonds. The van der Waals surface area contributed by atoms with Crippen LogP contribution in [0.5, 0.6) is 0 Å². The van der Waals surface area contributed by atoms with Crippen molar-refractivity contribution in [3.8, 4) is 0 Å². The Hall–Kier alpha value is -0.0500. The molecular formula is C19H29ClO2. The molecule has 0 radical (unpaired) electrons. The molecule has 3 saturated carbocycles. The van der Waals surface area contributed by atoms with E-state index in [1.165, 1.54) is 5.57 Å². The van der Waals surface area contributed by atoms with Gasteiger partial charge in [0.15, 0.2) is 0 Å². The van der Waals surface area contributed by atoms with E-state index >= 15 is 0 Å². The standard InChI is InChI=1S/C19H29ClO2/c1-18-10-8-15(21)17(20)14(18)4-3-11-12-5-6-16(22)19(12,2)9-7-13(11)18/h11-13,15-16,21-22H,3-10H2,1-2H3/t11-,12-,13-,15?,16-,18+,19-/m0/s1/i6D2,16D. The SMILES string of the molecule is [2H]C1([2H])C[C@H]2[C@@H]3CCC4=C(Cl)C(O)CC[C@]4(C)[C@H]3CC[C@]2(C)[C@@]1([2H])O. The number of rotatable bonds is 0. The molecule has 124 valence electrons. The van der Waals surface area contributed by atoms with Crippen LogP contribution in [0.15, 0.2) is 10.6 Å². The molecule has 22 heavy (non-hydrogen) atoms. The van der Waals surface area contributed by atoms with Crippen molar-refractivity contribution in [2.24, 2.45) is 28.6 Å². The van der Waals surface area contributed by atoms with Gasteiger partial charge in [0.05, 0.1) is 13.6 Å². The van der Waals surface area contributed by atoms with Crippen LogP contribution in [-0.2, 0) is 0 Å². The molecule has 3 fully saturated rings. The molecule has 0 spiro atoms. The van der Waals surface area contributed by atoms with Crippen LogP contribution in [0.25, 0.3) is 0 Å². The van der Waals surface area contributed by atoms with Crippen molar-refractivity contribution in [2.45, 2.75) is 77.4 Å². The third kappa shape index (κ3) is 1.87. The Kier molecular flexibility index (Phi) is 2.79. The van der Waals surface area contributed by atoms with Gasteiger partial charge in [-0.25, -0.2) is 0 Å². The predicted molar refractivity (Wildman–Crippen MR) is 88.5 cm³/mol. The van der Waals surface area contributed by atoms with Gasteiger partial charge in [0.1, 0.15) is 0 Å². The second kappa shape index (κ2) is 4.97. The molecule has 0 aromatic heterocycles. The number of fused-ring (bicyclic) bond motifs is 5. The van der Waals surface area contributed by atoms with Crippen molar-refractivity contribution in [3.05, 3.63) is 10.6 Å². The Balaban J connectivity index is 1.74. The highest BCUT2D eigenvalue weighted by Gasteiger charge is 2.59. The second-order valence-corrected chi connectivity index (χ2v) is 8.81. The van der Waals surface area contributed by atoms with E-state index in [4.69, 9.17) is 15.7 Å². The van der Waals surface area contributed by atoms with E-state index in [9.17, 15) is 10.2 Å². The first-order valence-electron chi connectivity index (χ1n) is 10.3. The fourth-order valence-electron chi connectivity index (χ4n) is 6.19. The first kappa shape index (κ1) is 12.3. The van der Waals surface area contributed by atoms with Crippen molar-refractivity contribution in [2.75, 3.05) is 0 Å². The zero-order valence-electron chi connectivity index (χ0n) is 16.5. The topological polar surface area (TPSA) is 40.5 Å². The zero-order valence-corrected chi connectivity index (χ0v) is 14.3. The molecule has 0 heterocycles. The lowest BCUT2D eigenvalue weighted by Crippen LogP contribution is -2.51.